The van der Waals surface area contributed by atoms with Crippen molar-refractivity contribution in [1.82, 2.24) is 25.3 Å². The lowest BCUT2D eigenvalue weighted by Crippen LogP contribution is -2.35. The van der Waals surface area contributed by atoms with Crippen molar-refractivity contribution in [3.63, 3.8) is 0 Å². The third kappa shape index (κ3) is 2.55. The van der Waals surface area contributed by atoms with Gasteiger partial charge >= 0.3 is 6.09 Å². The van der Waals surface area contributed by atoms with Crippen LogP contribution >= 0.6 is 0 Å². The number of anilines is 1. The lowest BCUT2D eigenvalue weighted by Gasteiger charge is -2.16. The SMILES string of the molecule is N#CC1(c2ccc(-c3ccc4c(c3)C[C@H]3C(Cn5ccnn5)OC(=O)N43)cn2)C2CNCC21. The zero-order chi connectivity index (χ0) is 22.2. The lowest BCUT2D eigenvalue weighted by atomic mass is 9.95. The van der Waals surface area contributed by atoms with E-state index < -0.39 is 5.41 Å². The van der Waals surface area contributed by atoms with E-state index >= 15 is 0 Å². The third-order valence-electron chi connectivity index (χ3n) is 7.80. The molecule has 3 aromatic rings. The molecule has 164 valence electrons. The van der Waals surface area contributed by atoms with Crippen LogP contribution in [-0.4, -0.2) is 51.3 Å². The zero-order valence-corrected chi connectivity index (χ0v) is 17.8. The van der Waals surface area contributed by atoms with E-state index in [0.29, 0.717) is 18.4 Å². The van der Waals surface area contributed by atoms with E-state index in [1.807, 2.05) is 24.4 Å². The van der Waals surface area contributed by atoms with Gasteiger partial charge in [-0.25, -0.2) is 9.48 Å². The van der Waals surface area contributed by atoms with Gasteiger partial charge in [0.25, 0.3) is 0 Å². The van der Waals surface area contributed by atoms with E-state index in [-0.39, 0.29) is 18.2 Å². The molecule has 0 radical (unpaired) electrons. The van der Waals surface area contributed by atoms with Crippen molar-refractivity contribution in [3.05, 3.63) is 60.2 Å². The molecule has 7 rings (SSSR count). The Morgan fingerprint density at radius 3 is 2.79 bits per heavy atom. The molecule has 5 heterocycles. The standard InChI is InChI=1S/C24H21N7O2/c25-13-24(17-10-26-11-18(17)24)22-4-2-15(9-27-22)14-1-3-19-16(7-14)8-20-21(33-23(32)31(19)20)12-30-6-5-28-29-30/h1-7,9,17-18,20-21,26H,8,10-12H2/t17?,18?,20-,21?,24?/m0/s1. The largest absolute Gasteiger partial charge is 0.442 e. The maximum absolute atomic E-state index is 12.6. The molecule has 3 fully saturated rings. The van der Waals surface area contributed by atoms with Gasteiger partial charge in [-0.3, -0.25) is 9.88 Å². The number of nitrogens with one attached hydrogen (secondary N) is 1. The molecule has 1 aliphatic carbocycles. The Bertz CT molecular complexity index is 1290. The summed E-state index contributed by atoms with van der Waals surface area (Å²) in [6, 6.07) is 12.7. The molecular formula is C24H21N7O2. The van der Waals surface area contributed by atoms with Crippen LogP contribution in [0.25, 0.3) is 11.1 Å². The number of ether oxygens (including phenoxy) is 1. The third-order valence-corrected chi connectivity index (χ3v) is 7.80. The fourth-order valence-electron chi connectivity index (χ4n) is 6.08. The van der Waals surface area contributed by atoms with Crippen LogP contribution in [0.3, 0.4) is 0 Å². The van der Waals surface area contributed by atoms with E-state index in [1.165, 1.54) is 0 Å². The zero-order valence-electron chi connectivity index (χ0n) is 17.8. The van der Waals surface area contributed by atoms with Crippen molar-refractivity contribution in [1.29, 1.82) is 5.26 Å². The number of rotatable bonds is 4. The van der Waals surface area contributed by atoms with Gasteiger partial charge in [0, 0.05) is 42.9 Å². The summed E-state index contributed by atoms with van der Waals surface area (Å²) in [6.45, 7) is 2.27. The number of amides is 1. The van der Waals surface area contributed by atoms with Crippen LogP contribution in [0, 0.1) is 23.2 Å². The fraction of sp³-hybridized carbons (Fsp3) is 0.375. The topological polar surface area (TPSA) is 109 Å². The number of hydrogen-bond acceptors (Lipinski definition) is 7. The number of pyridine rings is 1. The van der Waals surface area contributed by atoms with Crippen molar-refractivity contribution >= 4 is 11.8 Å². The van der Waals surface area contributed by atoms with Crippen LogP contribution < -0.4 is 10.2 Å². The first-order valence-corrected chi connectivity index (χ1v) is 11.2. The number of hydrogen-bond donors (Lipinski definition) is 1. The summed E-state index contributed by atoms with van der Waals surface area (Å²) < 4.78 is 7.32. The van der Waals surface area contributed by atoms with Crippen molar-refractivity contribution in [2.75, 3.05) is 18.0 Å². The second-order valence-corrected chi connectivity index (χ2v) is 9.32. The molecule has 1 aromatic carbocycles. The second-order valence-electron chi connectivity index (χ2n) is 9.32. The molecular weight excluding hydrogens is 418 g/mol. The Hall–Kier alpha value is -3.77. The first kappa shape index (κ1) is 18.8. The monoisotopic (exact) mass is 439 g/mol. The summed E-state index contributed by atoms with van der Waals surface area (Å²) in [5.74, 6) is 0.749. The number of piperidine rings is 1. The highest BCUT2D eigenvalue weighted by atomic mass is 16.6. The lowest BCUT2D eigenvalue weighted by molar-refractivity contribution is 0.117. The second kappa shape index (κ2) is 6.62. The molecule has 1 amide bonds. The Kier molecular flexibility index (Phi) is 3.77. The maximum atomic E-state index is 12.6. The Morgan fingerprint density at radius 1 is 1.21 bits per heavy atom. The van der Waals surface area contributed by atoms with E-state index in [2.05, 4.69) is 33.8 Å². The molecule has 9 heteroatoms. The molecule has 0 bridgehead atoms. The predicted octanol–water partition coefficient (Wildman–Crippen LogP) is 1.90. The molecule has 1 saturated carbocycles. The molecule has 0 spiro atoms. The van der Waals surface area contributed by atoms with Crippen molar-refractivity contribution in [2.24, 2.45) is 11.8 Å². The number of nitrogens with zero attached hydrogens (tertiary/aromatic N) is 6. The van der Waals surface area contributed by atoms with Crippen LogP contribution in [0.1, 0.15) is 11.3 Å². The molecule has 1 N–H and O–H groups in total. The summed E-state index contributed by atoms with van der Waals surface area (Å²) in [5, 5.41) is 21.0. The molecule has 9 nitrogen and oxygen atoms in total. The molecule has 2 aromatic heterocycles. The van der Waals surface area contributed by atoms with Crippen LogP contribution in [0.15, 0.2) is 48.9 Å². The highest BCUT2D eigenvalue weighted by Gasteiger charge is 2.69. The highest BCUT2D eigenvalue weighted by molar-refractivity contribution is 5.94. The van der Waals surface area contributed by atoms with Gasteiger partial charge in [-0.1, -0.05) is 17.3 Å². The Balaban J connectivity index is 1.15. The van der Waals surface area contributed by atoms with Crippen LogP contribution in [-0.2, 0) is 23.1 Å². The number of cyclic esters (lactones) is 1. The minimum absolute atomic E-state index is 0.0502. The van der Waals surface area contributed by atoms with E-state index in [4.69, 9.17) is 9.72 Å². The smallest absolute Gasteiger partial charge is 0.415 e. The normalized spacial score (nSPS) is 31.0. The first-order valence-electron chi connectivity index (χ1n) is 11.2. The quantitative estimate of drug-likeness (QED) is 0.661. The number of benzene rings is 1. The number of fused-ring (bicyclic) bond motifs is 4. The summed E-state index contributed by atoms with van der Waals surface area (Å²) in [5.41, 5.74) is 4.54. The highest BCUT2D eigenvalue weighted by Crippen LogP contribution is 2.60. The molecule has 3 unspecified atom stereocenters. The van der Waals surface area contributed by atoms with Crippen LogP contribution in [0.2, 0.25) is 0 Å². The van der Waals surface area contributed by atoms with Crippen LogP contribution in [0.5, 0.6) is 0 Å². The fourth-order valence-corrected chi connectivity index (χ4v) is 6.08. The molecule has 4 aliphatic rings. The van der Waals surface area contributed by atoms with Crippen LogP contribution in [0.4, 0.5) is 10.5 Å². The van der Waals surface area contributed by atoms with Gasteiger partial charge in [0.1, 0.15) is 11.5 Å². The average Bonchev–Trinajstić information content (AvgIpc) is 3.44. The number of carbonyl (C=O) groups is 1. The van der Waals surface area contributed by atoms with E-state index in [0.717, 1.165) is 47.6 Å². The van der Waals surface area contributed by atoms with E-state index in [1.54, 1.807) is 22.0 Å². The molecule has 33 heavy (non-hydrogen) atoms. The van der Waals surface area contributed by atoms with E-state index in [9.17, 15) is 10.1 Å². The predicted molar refractivity (Wildman–Crippen MR) is 117 cm³/mol. The van der Waals surface area contributed by atoms with Crippen molar-refractivity contribution in [3.8, 4) is 17.2 Å². The number of carbonyl (C=O) groups excluding carboxylic acids is 1. The molecule has 2 saturated heterocycles. The minimum atomic E-state index is -0.425. The summed E-state index contributed by atoms with van der Waals surface area (Å²) in [7, 11) is 0. The van der Waals surface area contributed by atoms with Crippen molar-refractivity contribution < 1.29 is 9.53 Å². The van der Waals surface area contributed by atoms with Gasteiger partial charge in [0.05, 0.1) is 36.2 Å². The molecule has 4 atom stereocenters. The number of nitriles is 1. The number of aromatic nitrogens is 4. The van der Waals surface area contributed by atoms with Gasteiger partial charge in [-0.05, 0) is 35.7 Å². The van der Waals surface area contributed by atoms with Gasteiger partial charge in [-0.15, -0.1) is 5.10 Å². The van der Waals surface area contributed by atoms with Crippen molar-refractivity contribution in [2.45, 2.75) is 30.5 Å². The summed E-state index contributed by atoms with van der Waals surface area (Å²) >= 11 is 0. The molecule has 3 aliphatic heterocycles. The van der Waals surface area contributed by atoms with Gasteiger partial charge in [-0.2, -0.15) is 5.26 Å². The first-order chi connectivity index (χ1) is 16.2. The summed E-state index contributed by atoms with van der Waals surface area (Å²) in [6.07, 6.45) is 5.41. The Labute approximate surface area is 190 Å². The van der Waals surface area contributed by atoms with Gasteiger partial charge < -0.3 is 10.1 Å². The average molecular weight is 439 g/mol. The van der Waals surface area contributed by atoms with Gasteiger partial charge in [0.2, 0.25) is 0 Å². The maximum Gasteiger partial charge on any atom is 0.415 e. The Morgan fingerprint density at radius 2 is 2.06 bits per heavy atom. The van der Waals surface area contributed by atoms with Gasteiger partial charge in [0.15, 0.2) is 0 Å². The summed E-state index contributed by atoms with van der Waals surface area (Å²) in [4.78, 5) is 19.0. The minimum Gasteiger partial charge on any atom is -0.442 e.